The van der Waals surface area contributed by atoms with Gasteiger partial charge in [0.15, 0.2) is 0 Å². The molecule has 2 heteroatoms. The molecular weight excluding hydrogens is 172 g/mol. The summed E-state index contributed by atoms with van der Waals surface area (Å²) >= 11 is 0. The Hall–Kier alpha value is -0.810. The second-order valence-corrected chi connectivity index (χ2v) is 3.93. The molecule has 14 heavy (non-hydrogen) atoms. The molecular formula is C12H20N2. The summed E-state index contributed by atoms with van der Waals surface area (Å²) in [5.41, 5.74) is 1.60. The van der Waals surface area contributed by atoms with E-state index in [2.05, 4.69) is 24.4 Å². The minimum Gasteiger partial charge on any atom is -0.313 e. The predicted molar refractivity (Wildman–Crippen MR) is 58.9 cm³/mol. The summed E-state index contributed by atoms with van der Waals surface area (Å²) in [5.74, 6) is 0. The van der Waals surface area contributed by atoms with Crippen molar-refractivity contribution < 1.29 is 0 Å². The van der Waals surface area contributed by atoms with Crippen LogP contribution in [0.2, 0.25) is 0 Å². The van der Waals surface area contributed by atoms with Crippen molar-refractivity contribution in [2.75, 3.05) is 6.54 Å². The number of rotatable bonds is 6. The average molecular weight is 192 g/mol. The Labute approximate surface area is 87.0 Å². The zero-order chi connectivity index (χ0) is 10.2. The number of allylic oxidation sites excluding steroid dienone is 1. The van der Waals surface area contributed by atoms with Crippen LogP contribution >= 0.6 is 0 Å². The van der Waals surface area contributed by atoms with Gasteiger partial charge in [0.05, 0.1) is 12.5 Å². The van der Waals surface area contributed by atoms with Crippen molar-refractivity contribution in [2.45, 2.75) is 51.5 Å². The van der Waals surface area contributed by atoms with Gasteiger partial charge in [-0.3, -0.25) is 0 Å². The standard InChI is InChI=1S/C12H20N2/c1-2-12(7-9-13)14-10-8-11-5-3-4-6-11/h5,12,14H,2-4,6-8,10H2,1H3. The number of nitrogens with one attached hydrogen (secondary N) is 1. The zero-order valence-corrected chi connectivity index (χ0v) is 9.05. The first-order chi connectivity index (χ1) is 6.86. The summed E-state index contributed by atoms with van der Waals surface area (Å²) in [6, 6.07) is 2.61. The van der Waals surface area contributed by atoms with E-state index in [1.807, 2.05) is 0 Å². The van der Waals surface area contributed by atoms with E-state index in [-0.39, 0.29) is 0 Å². The van der Waals surface area contributed by atoms with Crippen molar-refractivity contribution in [3.05, 3.63) is 11.6 Å². The van der Waals surface area contributed by atoms with E-state index in [0.717, 1.165) is 13.0 Å². The molecule has 1 N–H and O–H groups in total. The third kappa shape index (κ3) is 3.93. The SMILES string of the molecule is CCC(CC#N)NCCC1=CCCC1. The van der Waals surface area contributed by atoms with E-state index >= 15 is 0 Å². The van der Waals surface area contributed by atoms with E-state index in [0.29, 0.717) is 12.5 Å². The quantitative estimate of drug-likeness (QED) is 0.657. The second kappa shape index (κ2) is 6.62. The summed E-state index contributed by atoms with van der Waals surface area (Å²) in [4.78, 5) is 0. The van der Waals surface area contributed by atoms with Crippen LogP contribution in [-0.2, 0) is 0 Å². The fourth-order valence-corrected chi connectivity index (χ4v) is 1.87. The maximum atomic E-state index is 8.58. The van der Waals surface area contributed by atoms with E-state index in [4.69, 9.17) is 5.26 Å². The molecule has 0 saturated heterocycles. The van der Waals surface area contributed by atoms with Crippen LogP contribution in [0.25, 0.3) is 0 Å². The molecule has 0 spiro atoms. The van der Waals surface area contributed by atoms with E-state index < -0.39 is 0 Å². The average Bonchev–Trinajstić information content (AvgIpc) is 2.69. The normalized spacial score (nSPS) is 17.6. The number of nitriles is 1. The van der Waals surface area contributed by atoms with Crippen LogP contribution in [0.4, 0.5) is 0 Å². The lowest BCUT2D eigenvalue weighted by Gasteiger charge is -2.13. The first-order valence-corrected chi connectivity index (χ1v) is 5.65. The predicted octanol–water partition coefficient (Wildman–Crippen LogP) is 2.77. The Morgan fingerprint density at radius 2 is 2.50 bits per heavy atom. The summed E-state index contributed by atoms with van der Waals surface area (Å²) in [6.45, 7) is 3.16. The first-order valence-electron chi connectivity index (χ1n) is 5.65. The molecule has 1 aliphatic rings. The van der Waals surface area contributed by atoms with Gasteiger partial charge in [0, 0.05) is 6.04 Å². The summed E-state index contributed by atoms with van der Waals surface area (Å²) in [7, 11) is 0. The van der Waals surface area contributed by atoms with Gasteiger partial charge in [-0.15, -0.1) is 0 Å². The Morgan fingerprint density at radius 1 is 1.64 bits per heavy atom. The van der Waals surface area contributed by atoms with Gasteiger partial charge in [-0.05, 0) is 38.6 Å². The summed E-state index contributed by atoms with van der Waals surface area (Å²) in [6.07, 6.45) is 9.11. The fraction of sp³-hybridized carbons (Fsp3) is 0.750. The third-order valence-electron chi connectivity index (χ3n) is 2.84. The second-order valence-electron chi connectivity index (χ2n) is 3.93. The van der Waals surface area contributed by atoms with Crippen molar-refractivity contribution in [2.24, 2.45) is 0 Å². The molecule has 0 amide bonds. The van der Waals surface area contributed by atoms with Crippen molar-refractivity contribution in [1.29, 1.82) is 5.26 Å². The molecule has 2 nitrogen and oxygen atoms in total. The Kier molecular flexibility index (Phi) is 5.32. The van der Waals surface area contributed by atoms with Crippen molar-refractivity contribution in [1.82, 2.24) is 5.32 Å². The maximum Gasteiger partial charge on any atom is 0.0638 e. The molecule has 0 aromatic carbocycles. The Morgan fingerprint density at radius 3 is 3.07 bits per heavy atom. The highest BCUT2D eigenvalue weighted by molar-refractivity contribution is 5.07. The maximum absolute atomic E-state index is 8.58. The summed E-state index contributed by atoms with van der Waals surface area (Å²) in [5, 5.41) is 12.0. The van der Waals surface area contributed by atoms with Gasteiger partial charge in [0.1, 0.15) is 0 Å². The van der Waals surface area contributed by atoms with E-state index in [1.165, 1.54) is 25.7 Å². The van der Waals surface area contributed by atoms with Crippen LogP contribution in [0.5, 0.6) is 0 Å². The van der Waals surface area contributed by atoms with Gasteiger partial charge in [-0.1, -0.05) is 18.6 Å². The highest BCUT2D eigenvalue weighted by atomic mass is 14.9. The topological polar surface area (TPSA) is 35.8 Å². The largest absolute Gasteiger partial charge is 0.313 e. The van der Waals surface area contributed by atoms with Crippen LogP contribution < -0.4 is 5.32 Å². The van der Waals surface area contributed by atoms with Gasteiger partial charge >= 0.3 is 0 Å². The molecule has 0 aromatic rings. The number of hydrogen-bond donors (Lipinski definition) is 1. The van der Waals surface area contributed by atoms with Crippen molar-refractivity contribution >= 4 is 0 Å². The molecule has 0 fully saturated rings. The van der Waals surface area contributed by atoms with Gasteiger partial charge in [-0.2, -0.15) is 5.26 Å². The van der Waals surface area contributed by atoms with Crippen LogP contribution in [0.3, 0.4) is 0 Å². The highest BCUT2D eigenvalue weighted by Gasteiger charge is 2.06. The Balaban J connectivity index is 2.10. The molecule has 0 bridgehead atoms. The molecule has 1 aliphatic carbocycles. The van der Waals surface area contributed by atoms with Crippen LogP contribution in [0.15, 0.2) is 11.6 Å². The molecule has 0 heterocycles. The van der Waals surface area contributed by atoms with Crippen LogP contribution in [-0.4, -0.2) is 12.6 Å². The molecule has 0 aliphatic heterocycles. The molecule has 1 atom stereocenters. The molecule has 0 aromatic heterocycles. The number of hydrogen-bond acceptors (Lipinski definition) is 2. The van der Waals surface area contributed by atoms with Crippen LogP contribution in [0, 0.1) is 11.3 Å². The smallest absolute Gasteiger partial charge is 0.0638 e. The minimum atomic E-state index is 0.391. The number of nitrogens with zero attached hydrogens (tertiary/aromatic N) is 1. The van der Waals surface area contributed by atoms with Crippen molar-refractivity contribution in [3.8, 4) is 6.07 Å². The lowest BCUT2D eigenvalue weighted by molar-refractivity contribution is 0.507. The lowest BCUT2D eigenvalue weighted by atomic mass is 10.1. The monoisotopic (exact) mass is 192 g/mol. The Bertz CT molecular complexity index is 225. The fourth-order valence-electron chi connectivity index (χ4n) is 1.87. The minimum absolute atomic E-state index is 0.391. The third-order valence-corrected chi connectivity index (χ3v) is 2.84. The lowest BCUT2D eigenvalue weighted by Crippen LogP contribution is -2.29. The van der Waals surface area contributed by atoms with Gasteiger partial charge in [0.2, 0.25) is 0 Å². The van der Waals surface area contributed by atoms with Crippen molar-refractivity contribution in [3.63, 3.8) is 0 Å². The molecule has 78 valence electrons. The first kappa shape index (κ1) is 11.3. The highest BCUT2D eigenvalue weighted by Crippen LogP contribution is 2.19. The van der Waals surface area contributed by atoms with E-state index in [1.54, 1.807) is 5.57 Å². The van der Waals surface area contributed by atoms with Gasteiger partial charge < -0.3 is 5.32 Å². The van der Waals surface area contributed by atoms with Crippen LogP contribution in [0.1, 0.15) is 45.4 Å². The molecule has 0 saturated carbocycles. The zero-order valence-electron chi connectivity index (χ0n) is 9.05. The summed E-state index contributed by atoms with van der Waals surface area (Å²) < 4.78 is 0. The molecule has 1 rings (SSSR count). The van der Waals surface area contributed by atoms with Gasteiger partial charge in [0.25, 0.3) is 0 Å². The molecule has 1 unspecified atom stereocenters. The van der Waals surface area contributed by atoms with Gasteiger partial charge in [-0.25, -0.2) is 0 Å². The molecule has 0 radical (unpaired) electrons. The van der Waals surface area contributed by atoms with E-state index in [9.17, 15) is 0 Å².